The number of carbonyl (C=O) groups is 1. The maximum atomic E-state index is 12.7. The zero-order valence-corrected chi connectivity index (χ0v) is 15.0. The fourth-order valence-corrected chi connectivity index (χ4v) is 2.43. The topological polar surface area (TPSA) is 94.8 Å². The molecule has 138 valence electrons. The van der Waals surface area contributed by atoms with Gasteiger partial charge in [0.1, 0.15) is 5.56 Å². The van der Waals surface area contributed by atoms with Crippen LogP contribution in [-0.2, 0) is 6.42 Å². The van der Waals surface area contributed by atoms with Gasteiger partial charge in [-0.2, -0.15) is 0 Å². The average Bonchev–Trinajstić information content (AvgIpc) is 2.66. The summed E-state index contributed by atoms with van der Waals surface area (Å²) < 4.78 is 10.6. The van der Waals surface area contributed by atoms with Crippen LogP contribution in [0.3, 0.4) is 0 Å². The molecule has 1 amide bonds. The molecule has 0 unspecified atom stereocenters. The Labute approximate surface area is 151 Å². The molecule has 0 radical (unpaired) electrons. The van der Waals surface area contributed by atoms with Gasteiger partial charge >= 0.3 is 0 Å². The van der Waals surface area contributed by atoms with Crippen LogP contribution >= 0.6 is 0 Å². The van der Waals surface area contributed by atoms with Crippen molar-refractivity contribution >= 4 is 11.6 Å². The summed E-state index contributed by atoms with van der Waals surface area (Å²) in [4.78, 5) is 29.2. The number of likely N-dealkylation sites (N-methyl/N-ethyl adjacent to an activating group) is 1. The van der Waals surface area contributed by atoms with Gasteiger partial charge in [0.25, 0.3) is 11.6 Å². The summed E-state index contributed by atoms with van der Waals surface area (Å²) in [6.07, 6.45) is 2.23. The SMILES string of the molecule is CCOc1cc([N+](=O)[O-])c(C(=O)N(C)CCc2ccccn2)cc1OC. The number of benzene rings is 1. The summed E-state index contributed by atoms with van der Waals surface area (Å²) in [5.74, 6) is 0.0438. The Kier molecular flexibility index (Phi) is 6.48. The van der Waals surface area contributed by atoms with E-state index in [1.165, 1.54) is 24.1 Å². The predicted molar refractivity (Wildman–Crippen MR) is 95.7 cm³/mol. The van der Waals surface area contributed by atoms with Crippen LogP contribution in [0.25, 0.3) is 0 Å². The third kappa shape index (κ3) is 4.47. The minimum Gasteiger partial charge on any atom is -0.493 e. The summed E-state index contributed by atoms with van der Waals surface area (Å²) >= 11 is 0. The second kappa shape index (κ2) is 8.80. The molecule has 8 heteroatoms. The standard InChI is InChI=1S/C18H21N3O5/c1-4-26-17-12-15(21(23)24)14(11-16(17)25-3)18(22)20(2)10-8-13-7-5-6-9-19-13/h5-7,9,11-12H,4,8,10H2,1-3H3. The Hall–Kier alpha value is -3.16. The number of nitro groups is 1. The highest BCUT2D eigenvalue weighted by Crippen LogP contribution is 2.35. The van der Waals surface area contributed by atoms with Crippen LogP contribution in [0, 0.1) is 10.1 Å². The number of amides is 1. The lowest BCUT2D eigenvalue weighted by Crippen LogP contribution is -2.29. The first-order valence-corrected chi connectivity index (χ1v) is 8.12. The second-order valence-electron chi connectivity index (χ2n) is 5.51. The minimum atomic E-state index is -0.595. The molecular formula is C18H21N3O5. The van der Waals surface area contributed by atoms with Gasteiger partial charge in [0.2, 0.25) is 0 Å². The number of nitro benzene ring substituents is 1. The van der Waals surface area contributed by atoms with Crippen LogP contribution < -0.4 is 9.47 Å². The molecule has 0 fully saturated rings. The van der Waals surface area contributed by atoms with Crippen molar-refractivity contribution in [2.75, 3.05) is 27.3 Å². The minimum absolute atomic E-state index is 0.0428. The molecule has 2 rings (SSSR count). The summed E-state index contributed by atoms with van der Waals surface area (Å²) in [5.41, 5.74) is 0.480. The van der Waals surface area contributed by atoms with E-state index in [-0.39, 0.29) is 22.7 Å². The molecule has 0 atom stereocenters. The Balaban J connectivity index is 2.26. The van der Waals surface area contributed by atoms with Gasteiger partial charge in [-0.05, 0) is 19.1 Å². The largest absolute Gasteiger partial charge is 0.493 e. The highest BCUT2D eigenvalue weighted by molar-refractivity contribution is 5.99. The maximum Gasteiger partial charge on any atom is 0.286 e. The lowest BCUT2D eigenvalue weighted by molar-refractivity contribution is -0.385. The van der Waals surface area contributed by atoms with E-state index in [0.717, 1.165) is 5.69 Å². The quantitative estimate of drug-likeness (QED) is 0.531. The van der Waals surface area contributed by atoms with E-state index in [1.54, 1.807) is 20.2 Å². The third-order valence-corrected chi connectivity index (χ3v) is 3.79. The van der Waals surface area contributed by atoms with E-state index in [1.807, 2.05) is 18.2 Å². The molecule has 0 aliphatic rings. The highest BCUT2D eigenvalue weighted by atomic mass is 16.6. The number of aromatic nitrogens is 1. The molecule has 0 saturated heterocycles. The van der Waals surface area contributed by atoms with Gasteiger partial charge in [-0.3, -0.25) is 19.9 Å². The number of pyridine rings is 1. The Morgan fingerprint density at radius 3 is 2.65 bits per heavy atom. The Bertz CT molecular complexity index is 780. The maximum absolute atomic E-state index is 12.7. The number of hydrogen-bond donors (Lipinski definition) is 0. The third-order valence-electron chi connectivity index (χ3n) is 3.79. The van der Waals surface area contributed by atoms with E-state index in [2.05, 4.69) is 4.98 Å². The van der Waals surface area contributed by atoms with Gasteiger partial charge < -0.3 is 14.4 Å². The molecule has 26 heavy (non-hydrogen) atoms. The van der Waals surface area contributed by atoms with Gasteiger partial charge in [0.05, 0.1) is 24.7 Å². The number of methoxy groups -OCH3 is 1. The zero-order valence-electron chi connectivity index (χ0n) is 15.0. The van der Waals surface area contributed by atoms with Crippen LogP contribution in [-0.4, -0.2) is 48.0 Å². The predicted octanol–water partition coefficient (Wildman–Crippen LogP) is 2.71. The van der Waals surface area contributed by atoms with Gasteiger partial charge in [0, 0.05) is 38.0 Å². The van der Waals surface area contributed by atoms with Crippen LogP contribution in [0.2, 0.25) is 0 Å². The average molecular weight is 359 g/mol. The lowest BCUT2D eigenvalue weighted by atomic mass is 10.1. The molecule has 1 aromatic carbocycles. The lowest BCUT2D eigenvalue weighted by Gasteiger charge is -2.18. The number of carbonyl (C=O) groups excluding carboxylic acids is 1. The molecule has 0 spiro atoms. The fraction of sp³-hybridized carbons (Fsp3) is 0.333. The van der Waals surface area contributed by atoms with E-state index >= 15 is 0 Å². The zero-order chi connectivity index (χ0) is 19.1. The molecule has 1 aromatic heterocycles. The first-order chi connectivity index (χ1) is 12.5. The normalized spacial score (nSPS) is 10.3. The van der Waals surface area contributed by atoms with Crippen molar-refractivity contribution in [1.82, 2.24) is 9.88 Å². The van der Waals surface area contributed by atoms with Crippen molar-refractivity contribution < 1.29 is 19.2 Å². The summed E-state index contributed by atoms with van der Waals surface area (Å²) in [6, 6.07) is 8.12. The molecule has 0 bridgehead atoms. The summed E-state index contributed by atoms with van der Waals surface area (Å²) in [5, 5.41) is 11.4. The van der Waals surface area contributed by atoms with E-state index < -0.39 is 10.8 Å². The van der Waals surface area contributed by atoms with Gasteiger partial charge in [0.15, 0.2) is 11.5 Å². The molecule has 0 aliphatic heterocycles. The van der Waals surface area contributed by atoms with Crippen LogP contribution in [0.15, 0.2) is 36.5 Å². The molecule has 8 nitrogen and oxygen atoms in total. The van der Waals surface area contributed by atoms with Crippen LogP contribution in [0.5, 0.6) is 11.5 Å². The summed E-state index contributed by atoms with van der Waals surface area (Å²) in [6.45, 7) is 2.46. The molecule has 0 N–H and O–H groups in total. The molecule has 1 heterocycles. The van der Waals surface area contributed by atoms with Crippen LogP contribution in [0.4, 0.5) is 5.69 Å². The molecule has 0 aliphatic carbocycles. The molecule has 2 aromatic rings. The first kappa shape index (κ1) is 19.2. The highest BCUT2D eigenvalue weighted by Gasteiger charge is 2.26. The molecule has 0 saturated carbocycles. The first-order valence-electron chi connectivity index (χ1n) is 8.12. The van der Waals surface area contributed by atoms with Crippen molar-refractivity contribution in [2.24, 2.45) is 0 Å². The number of nitrogens with zero attached hydrogens (tertiary/aromatic N) is 3. The Morgan fingerprint density at radius 2 is 2.08 bits per heavy atom. The van der Waals surface area contributed by atoms with Gasteiger partial charge in [-0.25, -0.2) is 0 Å². The van der Waals surface area contributed by atoms with Crippen LogP contribution in [0.1, 0.15) is 23.0 Å². The summed E-state index contributed by atoms with van der Waals surface area (Å²) in [7, 11) is 3.01. The number of ether oxygens (including phenoxy) is 2. The number of hydrogen-bond acceptors (Lipinski definition) is 6. The molecular weight excluding hydrogens is 338 g/mol. The second-order valence-corrected chi connectivity index (χ2v) is 5.51. The van der Waals surface area contributed by atoms with Crippen molar-refractivity contribution in [3.63, 3.8) is 0 Å². The monoisotopic (exact) mass is 359 g/mol. The van der Waals surface area contributed by atoms with E-state index in [4.69, 9.17) is 9.47 Å². The van der Waals surface area contributed by atoms with Crippen molar-refractivity contribution in [3.8, 4) is 11.5 Å². The fourth-order valence-electron chi connectivity index (χ4n) is 2.43. The van der Waals surface area contributed by atoms with Gasteiger partial charge in [-0.1, -0.05) is 6.07 Å². The smallest absolute Gasteiger partial charge is 0.286 e. The van der Waals surface area contributed by atoms with Crippen molar-refractivity contribution in [3.05, 3.63) is 57.9 Å². The van der Waals surface area contributed by atoms with E-state index in [9.17, 15) is 14.9 Å². The van der Waals surface area contributed by atoms with Crippen molar-refractivity contribution in [2.45, 2.75) is 13.3 Å². The van der Waals surface area contributed by atoms with Crippen molar-refractivity contribution in [1.29, 1.82) is 0 Å². The Morgan fingerprint density at radius 1 is 1.31 bits per heavy atom. The van der Waals surface area contributed by atoms with Gasteiger partial charge in [-0.15, -0.1) is 0 Å². The number of rotatable bonds is 8. The van der Waals surface area contributed by atoms with E-state index in [0.29, 0.717) is 19.6 Å².